The van der Waals surface area contributed by atoms with Crippen LogP contribution in [0.1, 0.15) is 17.5 Å². The Hall–Kier alpha value is -2.06. The lowest BCUT2D eigenvalue weighted by molar-refractivity contribution is -0.138. The van der Waals surface area contributed by atoms with Crippen molar-refractivity contribution in [3.05, 3.63) is 74.2 Å². The molecule has 0 aliphatic heterocycles. The van der Waals surface area contributed by atoms with E-state index in [2.05, 4.69) is 0 Å². The van der Waals surface area contributed by atoms with Gasteiger partial charge in [0.05, 0.1) is 28.8 Å². The maximum absolute atomic E-state index is 12.5. The highest BCUT2D eigenvalue weighted by atomic mass is 35.5. The Labute approximate surface area is 208 Å². The first-order chi connectivity index (χ1) is 15.6. The molecule has 0 aliphatic rings. The van der Waals surface area contributed by atoms with Crippen molar-refractivity contribution in [2.24, 2.45) is 0 Å². The number of benzene rings is 2. The number of alkyl halides is 3. The zero-order valence-corrected chi connectivity index (χ0v) is 19.8. The van der Waals surface area contributed by atoms with Crippen LogP contribution in [0.15, 0.2) is 53.0 Å². The van der Waals surface area contributed by atoms with Gasteiger partial charge in [-0.1, -0.05) is 58.5 Å². The summed E-state index contributed by atoms with van der Waals surface area (Å²) in [6.07, 6.45) is -0.120. The summed E-state index contributed by atoms with van der Waals surface area (Å²) in [6, 6.07) is 7.42. The van der Waals surface area contributed by atoms with Crippen LogP contribution in [0.25, 0.3) is 6.08 Å². The fourth-order valence-electron chi connectivity index (χ4n) is 2.36. The van der Waals surface area contributed by atoms with Gasteiger partial charge in [0.1, 0.15) is 16.8 Å². The second-order valence-corrected chi connectivity index (χ2v) is 8.17. The zero-order chi connectivity index (χ0) is 24.4. The van der Waals surface area contributed by atoms with Gasteiger partial charge in [-0.15, -0.1) is 0 Å². The molecule has 0 aliphatic carbocycles. The molecule has 33 heavy (non-hydrogen) atoms. The zero-order valence-electron chi connectivity index (χ0n) is 16.8. The average molecular weight is 544 g/mol. The first-order valence-corrected chi connectivity index (χ1v) is 10.9. The van der Waals surface area contributed by atoms with E-state index in [4.69, 9.17) is 60.6 Å². The van der Waals surface area contributed by atoms with E-state index >= 15 is 0 Å². The van der Waals surface area contributed by atoms with Gasteiger partial charge < -0.3 is 14.2 Å². The van der Waals surface area contributed by atoms with Crippen molar-refractivity contribution in [1.29, 1.82) is 0 Å². The molecule has 2 aromatic carbocycles. The molecule has 0 atom stereocenters. The molecule has 0 amide bonds. The largest absolute Gasteiger partial charge is 0.490 e. The first-order valence-electron chi connectivity index (χ1n) is 9.34. The van der Waals surface area contributed by atoms with Crippen LogP contribution in [0.4, 0.5) is 13.2 Å². The van der Waals surface area contributed by atoms with E-state index in [0.29, 0.717) is 17.7 Å². The predicted octanol–water partition coefficient (Wildman–Crippen LogP) is 7.74. The minimum absolute atomic E-state index is 0.0537. The van der Waals surface area contributed by atoms with E-state index in [1.807, 2.05) is 0 Å². The molecule has 0 N–H and O–H groups in total. The minimum Gasteiger partial charge on any atom is -0.490 e. The smallest absolute Gasteiger partial charge is 0.416 e. The number of hydrogen-bond acceptors (Lipinski definition) is 4. The second-order valence-electron chi connectivity index (χ2n) is 6.34. The maximum Gasteiger partial charge on any atom is 0.416 e. The van der Waals surface area contributed by atoms with E-state index in [1.165, 1.54) is 36.4 Å². The topological polar surface area (TPSA) is 44.8 Å². The van der Waals surface area contributed by atoms with Crippen LogP contribution in [0.5, 0.6) is 11.5 Å². The van der Waals surface area contributed by atoms with Crippen molar-refractivity contribution in [1.82, 2.24) is 0 Å². The highest BCUT2D eigenvalue weighted by Crippen LogP contribution is 2.37. The molecule has 4 nitrogen and oxygen atoms in total. The molecule has 0 bridgehead atoms. The van der Waals surface area contributed by atoms with Gasteiger partial charge in [0.2, 0.25) is 0 Å². The lowest BCUT2D eigenvalue weighted by atomic mass is 10.1. The third-order valence-corrected chi connectivity index (χ3v) is 4.76. The normalized spacial score (nSPS) is 11.4. The first kappa shape index (κ1) is 27.2. The lowest BCUT2D eigenvalue weighted by Crippen LogP contribution is -2.07. The molecular formula is C22H17Cl4F3O4. The van der Waals surface area contributed by atoms with Gasteiger partial charge in [0.15, 0.2) is 5.75 Å². The third-order valence-electron chi connectivity index (χ3n) is 3.89. The van der Waals surface area contributed by atoms with Crippen LogP contribution in [-0.4, -0.2) is 25.8 Å². The number of halogens is 7. The highest BCUT2D eigenvalue weighted by molar-refractivity contribution is 6.55. The minimum atomic E-state index is -4.41. The van der Waals surface area contributed by atoms with Crippen LogP contribution in [-0.2, 0) is 15.7 Å². The molecule has 0 saturated carbocycles. The van der Waals surface area contributed by atoms with Crippen molar-refractivity contribution in [3.8, 4) is 11.5 Å². The number of carbonyl (C=O) groups excluding carboxylic acids is 1. The van der Waals surface area contributed by atoms with Gasteiger partial charge in [0, 0.05) is 24.6 Å². The summed E-state index contributed by atoms with van der Waals surface area (Å²) < 4.78 is 53.7. The van der Waals surface area contributed by atoms with Gasteiger partial charge in [-0.3, -0.25) is 0 Å². The molecular weight excluding hydrogens is 527 g/mol. The molecule has 0 spiro atoms. The van der Waals surface area contributed by atoms with Crippen LogP contribution in [0, 0.1) is 0 Å². The molecule has 178 valence electrons. The maximum atomic E-state index is 12.5. The fourth-order valence-corrected chi connectivity index (χ4v) is 3.06. The second kappa shape index (κ2) is 13.0. The summed E-state index contributed by atoms with van der Waals surface area (Å²) >= 11 is 23.3. The number of ether oxygens (including phenoxy) is 3. The van der Waals surface area contributed by atoms with Crippen molar-refractivity contribution in [2.75, 3.05) is 19.8 Å². The summed E-state index contributed by atoms with van der Waals surface area (Å²) in [6.45, 7) is 0.353. The lowest BCUT2D eigenvalue weighted by Gasteiger charge is -2.12. The Kier molecular flexibility index (Phi) is 10.7. The standard InChI is InChI=1S/C22H17Cl4F3O4/c23-17-12-16(31-11-8-19(25)26)13-18(24)21(17)33-10-1-9-32-20(30)7-4-14-2-5-15(6-3-14)22(27,28)29/h2-8,12-13H,1,9-11H2. The van der Waals surface area contributed by atoms with E-state index in [0.717, 1.165) is 18.2 Å². The van der Waals surface area contributed by atoms with Crippen LogP contribution < -0.4 is 9.47 Å². The van der Waals surface area contributed by atoms with E-state index in [9.17, 15) is 18.0 Å². The predicted molar refractivity (Wildman–Crippen MR) is 123 cm³/mol. The Balaban J connectivity index is 1.75. The van der Waals surface area contributed by atoms with Crippen molar-refractivity contribution < 1.29 is 32.2 Å². The molecule has 0 aromatic heterocycles. The van der Waals surface area contributed by atoms with Gasteiger partial charge >= 0.3 is 12.1 Å². The molecule has 2 aromatic rings. The van der Waals surface area contributed by atoms with Crippen LogP contribution in [0.3, 0.4) is 0 Å². The Bertz CT molecular complexity index is 979. The van der Waals surface area contributed by atoms with E-state index < -0.39 is 17.7 Å². The fraction of sp³-hybridized carbons (Fsp3) is 0.227. The highest BCUT2D eigenvalue weighted by Gasteiger charge is 2.29. The van der Waals surface area contributed by atoms with Crippen LogP contribution >= 0.6 is 46.4 Å². The van der Waals surface area contributed by atoms with Gasteiger partial charge in [-0.05, 0) is 29.8 Å². The molecule has 0 heterocycles. The van der Waals surface area contributed by atoms with E-state index in [1.54, 1.807) is 0 Å². The molecule has 2 rings (SSSR count). The Morgan fingerprint density at radius 3 is 2.18 bits per heavy atom. The van der Waals surface area contributed by atoms with Gasteiger partial charge in [-0.25, -0.2) is 4.79 Å². The number of hydrogen-bond donors (Lipinski definition) is 0. The summed E-state index contributed by atoms with van der Waals surface area (Å²) in [5, 5.41) is 0.463. The molecule has 11 heteroatoms. The van der Waals surface area contributed by atoms with Crippen molar-refractivity contribution in [3.63, 3.8) is 0 Å². The van der Waals surface area contributed by atoms with Crippen molar-refractivity contribution in [2.45, 2.75) is 12.6 Å². The summed E-state index contributed by atoms with van der Waals surface area (Å²) in [5.74, 6) is 0.0145. The summed E-state index contributed by atoms with van der Waals surface area (Å²) in [7, 11) is 0. The third kappa shape index (κ3) is 9.76. The molecule has 0 fully saturated rings. The van der Waals surface area contributed by atoms with Crippen LogP contribution in [0.2, 0.25) is 10.0 Å². The molecule has 0 unspecified atom stereocenters. The molecule has 0 saturated heterocycles. The Morgan fingerprint density at radius 1 is 0.970 bits per heavy atom. The Morgan fingerprint density at radius 2 is 1.61 bits per heavy atom. The summed E-state index contributed by atoms with van der Waals surface area (Å²) in [5.41, 5.74) is -0.334. The average Bonchev–Trinajstić information content (AvgIpc) is 2.73. The van der Waals surface area contributed by atoms with Crippen molar-refractivity contribution >= 4 is 58.4 Å². The van der Waals surface area contributed by atoms with Gasteiger partial charge in [-0.2, -0.15) is 13.2 Å². The monoisotopic (exact) mass is 542 g/mol. The molecule has 0 radical (unpaired) electrons. The summed E-state index contributed by atoms with van der Waals surface area (Å²) in [4.78, 5) is 11.7. The number of esters is 1. The SMILES string of the molecule is O=C(C=Cc1ccc(C(F)(F)F)cc1)OCCCOc1c(Cl)cc(OCC=C(Cl)Cl)cc1Cl. The van der Waals surface area contributed by atoms with E-state index in [-0.39, 0.29) is 40.1 Å². The number of rotatable bonds is 10. The van der Waals surface area contributed by atoms with Gasteiger partial charge in [0.25, 0.3) is 0 Å². The number of carbonyl (C=O) groups is 1. The quantitative estimate of drug-likeness (QED) is 0.175.